The third kappa shape index (κ3) is 4.42. The number of hydrogen-bond donors (Lipinski definition) is 1. The second-order valence-corrected chi connectivity index (χ2v) is 5.10. The van der Waals surface area contributed by atoms with Crippen molar-refractivity contribution < 1.29 is 13.5 Å². The molecule has 0 saturated heterocycles. The average Bonchev–Trinajstić information content (AvgIpc) is 3.20. The molecule has 0 aliphatic heterocycles. The molecule has 1 aromatic rings. The second kappa shape index (κ2) is 6.99. The third-order valence-corrected chi connectivity index (χ3v) is 3.20. The van der Waals surface area contributed by atoms with Crippen molar-refractivity contribution in [3.05, 3.63) is 21.6 Å². The standard InChI is InChI=1S/C12H16ClF2N3O2/c13-9-5-17-18(6-8-1-2-8)12(19)11(9)16-3-4-20-7-10(14)15/h5,8,10,16H,1-4,6-7H2. The molecule has 0 unspecified atom stereocenters. The van der Waals surface area contributed by atoms with Crippen molar-refractivity contribution >= 4 is 17.3 Å². The molecule has 1 fully saturated rings. The minimum absolute atomic E-state index is 0.0745. The molecule has 0 amide bonds. The van der Waals surface area contributed by atoms with Crippen LogP contribution in [0.5, 0.6) is 0 Å². The Balaban J connectivity index is 1.90. The Morgan fingerprint density at radius 3 is 2.95 bits per heavy atom. The fourth-order valence-electron chi connectivity index (χ4n) is 1.72. The molecule has 8 heteroatoms. The summed E-state index contributed by atoms with van der Waals surface area (Å²) >= 11 is 5.92. The first-order valence-corrected chi connectivity index (χ1v) is 6.81. The lowest BCUT2D eigenvalue weighted by Crippen LogP contribution is -2.28. The highest BCUT2D eigenvalue weighted by Crippen LogP contribution is 2.30. The second-order valence-electron chi connectivity index (χ2n) is 4.69. The van der Waals surface area contributed by atoms with E-state index in [0.29, 0.717) is 12.5 Å². The lowest BCUT2D eigenvalue weighted by Gasteiger charge is -2.10. The number of ether oxygens (including phenoxy) is 1. The molecular weight excluding hydrogens is 292 g/mol. The molecule has 5 nitrogen and oxygen atoms in total. The summed E-state index contributed by atoms with van der Waals surface area (Å²) in [5.74, 6) is 0.517. The van der Waals surface area contributed by atoms with E-state index in [1.54, 1.807) is 0 Å². The van der Waals surface area contributed by atoms with E-state index in [0.717, 1.165) is 12.8 Å². The SMILES string of the molecule is O=c1c(NCCOCC(F)F)c(Cl)cnn1CC1CC1. The molecule has 1 aliphatic rings. The monoisotopic (exact) mass is 307 g/mol. The molecule has 0 bridgehead atoms. The normalized spacial score (nSPS) is 14.8. The maximum absolute atomic E-state index is 12.1. The summed E-state index contributed by atoms with van der Waals surface area (Å²) in [6.45, 7) is 0.282. The van der Waals surface area contributed by atoms with Crippen LogP contribution in [0.2, 0.25) is 5.02 Å². The molecule has 1 saturated carbocycles. The number of alkyl halides is 2. The van der Waals surface area contributed by atoms with E-state index in [1.807, 2.05) is 0 Å². The summed E-state index contributed by atoms with van der Waals surface area (Å²) in [5.41, 5.74) is -0.0544. The van der Waals surface area contributed by atoms with E-state index >= 15 is 0 Å². The number of nitrogens with zero attached hydrogens (tertiary/aromatic N) is 2. The summed E-state index contributed by atoms with van der Waals surface area (Å²) in [5, 5.41) is 7.02. The smallest absolute Gasteiger partial charge is 0.291 e. The molecule has 1 heterocycles. The Morgan fingerprint density at radius 1 is 1.55 bits per heavy atom. The highest BCUT2D eigenvalue weighted by molar-refractivity contribution is 6.32. The predicted octanol–water partition coefficient (Wildman–Crippen LogP) is 2.00. The zero-order valence-corrected chi connectivity index (χ0v) is 11.6. The Morgan fingerprint density at radius 2 is 2.30 bits per heavy atom. The van der Waals surface area contributed by atoms with Crippen LogP contribution >= 0.6 is 11.6 Å². The molecule has 0 spiro atoms. The summed E-state index contributed by atoms with van der Waals surface area (Å²) in [7, 11) is 0. The fourth-order valence-corrected chi connectivity index (χ4v) is 1.92. The minimum atomic E-state index is -2.49. The van der Waals surface area contributed by atoms with Gasteiger partial charge in [-0.05, 0) is 18.8 Å². The summed E-state index contributed by atoms with van der Waals surface area (Å²) in [6, 6.07) is 0. The molecule has 20 heavy (non-hydrogen) atoms. The van der Waals surface area contributed by atoms with Crippen LogP contribution in [0.15, 0.2) is 11.0 Å². The van der Waals surface area contributed by atoms with E-state index < -0.39 is 13.0 Å². The van der Waals surface area contributed by atoms with Crippen LogP contribution in [0.25, 0.3) is 0 Å². The molecule has 0 aromatic carbocycles. The van der Waals surface area contributed by atoms with E-state index in [2.05, 4.69) is 10.4 Å². The summed E-state index contributed by atoms with van der Waals surface area (Å²) in [4.78, 5) is 12.1. The van der Waals surface area contributed by atoms with Crippen molar-refractivity contribution in [2.24, 2.45) is 5.92 Å². The number of hydrogen-bond acceptors (Lipinski definition) is 4. The molecule has 1 aromatic heterocycles. The number of nitrogens with one attached hydrogen (secondary N) is 1. The summed E-state index contributed by atoms with van der Waals surface area (Å²) in [6.07, 6.45) is 1.14. The van der Waals surface area contributed by atoms with Gasteiger partial charge in [-0.1, -0.05) is 11.6 Å². The molecule has 0 radical (unpaired) electrons. The maximum Gasteiger partial charge on any atom is 0.291 e. The van der Waals surface area contributed by atoms with Crippen LogP contribution in [0.1, 0.15) is 12.8 Å². The van der Waals surface area contributed by atoms with E-state index in [9.17, 15) is 13.6 Å². The number of halogens is 3. The largest absolute Gasteiger partial charge is 0.377 e. The number of aromatic nitrogens is 2. The van der Waals surface area contributed by atoms with Crippen LogP contribution in [-0.4, -0.2) is 36.0 Å². The molecular formula is C12H16ClF2N3O2. The van der Waals surface area contributed by atoms with E-state index in [1.165, 1.54) is 10.9 Å². The van der Waals surface area contributed by atoms with Gasteiger partial charge in [-0.15, -0.1) is 0 Å². The fraction of sp³-hybridized carbons (Fsp3) is 0.667. The van der Waals surface area contributed by atoms with Crippen LogP contribution in [-0.2, 0) is 11.3 Å². The van der Waals surface area contributed by atoms with Crippen molar-refractivity contribution in [1.29, 1.82) is 0 Å². The Bertz CT molecular complexity index is 506. The van der Waals surface area contributed by atoms with Crippen molar-refractivity contribution in [3.63, 3.8) is 0 Å². The maximum atomic E-state index is 12.1. The van der Waals surface area contributed by atoms with E-state index in [-0.39, 0.29) is 29.4 Å². The zero-order chi connectivity index (χ0) is 14.5. The number of rotatable bonds is 8. The van der Waals surface area contributed by atoms with Gasteiger partial charge in [-0.2, -0.15) is 5.10 Å². The quantitative estimate of drug-likeness (QED) is 0.746. The third-order valence-electron chi connectivity index (χ3n) is 2.92. The van der Waals surface area contributed by atoms with Gasteiger partial charge in [0, 0.05) is 13.1 Å². The predicted molar refractivity (Wildman–Crippen MR) is 71.5 cm³/mol. The van der Waals surface area contributed by atoms with Crippen molar-refractivity contribution in [2.45, 2.75) is 25.8 Å². The van der Waals surface area contributed by atoms with Crippen LogP contribution in [0.4, 0.5) is 14.5 Å². The Labute approximate surface area is 119 Å². The van der Waals surface area contributed by atoms with Crippen LogP contribution in [0, 0.1) is 5.92 Å². The van der Waals surface area contributed by atoms with Gasteiger partial charge < -0.3 is 10.1 Å². The van der Waals surface area contributed by atoms with Gasteiger partial charge in [-0.25, -0.2) is 13.5 Å². The lowest BCUT2D eigenvalue weighted by molar-refractivity contribution is 0.0215. The lowest BCUT2D eigenvalue weighted by atomic mass is 10.4. The first-order chi connectivity index (χ1) is 9.58. The Kier molecular flexibility index (Phi) is 5.31. The zero-order valence-electron chi connectivity index (χ0n) is 10.8. The highest BCUT2D eigenvalue weighted by Gasteiger charge is 2.23. The van der Waals surface area contributed by atoms with Gasteiger partial charge >= 0.3 is 0 Å². The molecule has 0 atom stereocenters. The van der Waals surface area contributed by atoms with E-state index in [4.69, 9.17) is 16.3 Å². The van der Waals surface area contributed by atoms with Crippen LogP contribution in [0.3, 0.4) is 0 Å². The van der Waals surface area contributed by atoms with Gasteiger partial charge in [0.25, 0.3) is 12.0 Å². The number of anilines is 1. The van der Waals surface area contributed by atoms with Crippen LogP contribution < -0.4 is 10.9 Å². The Hall–Kier alpha value is -1.21. The van der Waals surface area contributed by atoms with Gasteiger partial charge in [0.15, 0.2) is 0 Å². The molecule has 2 rings (SSSR count). The highest BCUT2D eigenvalue weighted by atomic mass is 35.5. The first kappa shape index (κ1) is 15.2. The van der Waals surface area contributed by atoms with Gasteiger partial charge in [0.1, 0.15) is 12.3 Å². The van der Waals surface area contributed by atoms with Gasteiger partial charge in [-0.3, -0.25) is 4.79 Å². The van der Waals surface area contributed by atoms with Crippen molar-refractivity contribution in [1.82, 2.24) is 9.78 Å². The van der Waals surface area contributed by atoms with Gasteiger partial charge in [0.05, 0.1) is 17.8 Å². The van der Waals surface area contributed by atoms with Gasteiger partial charge in [0.2, 0.25) is 0 Å². The minimum Gasteiger partial charge on any atom is -0.377 e. The first-order valence-electron chi connectivity index (χ1n) is 6.43. The molecule has 1 N–H and O–H groups in total. The topological polar surface area (TPSA) is 56.1 Å². The average molecular weight is 308 g/mol. The molecule has 1 aliphatic carbocycles. The van der Waals surface area contributed by atoms with Crippen molar-refractivity contribution in [3.8, 4) is 0 Å². The summed E-state index contributed by atoms with van der Waals surface area (Å²) < 4.78 is 29.8. The molecule has 112 valence electrons. The van der Waals surface area contributed by atoms with Crippen molar-refractivity contribution in [2.75, 3.05) is 25.1 Å².